The Labute approximate surface area is 117 Å². The van der Waals surface area contributed by atoms with E-state index >= 15 is 0 Å². The van der Waals surface area contributed by atoms with E-state index in [0.29, 0.717) is 18.0 Å². The van der Waals surface area contributed by atoms with Gasteiger partial charge in [0.15, 0.2) is 0 Å². The average Bonchev–Trinajstić information content (AvgIpc) is 2.30. The Morgan fingerprint density at radius 3 is 2.33 bits per heavy atom. The van der Waals surface area contributed by atoms with Crippen LogP contribution in [0.15, 0.2) is 33.6 Å². The van der Waals surface area contributed by atoms with Gasteiger partial charge in [0, 0.05) is 24.2 Å². The summed E-state index contributed by atoms with van der Waals surface area (Å²) in [5.41, 5.74) is 0. The molecule has 0 amide bonds. The summed E-state index contributed by atoms with van der Waals surface area (Å²) in [5.74, 6) is 0. The standard InChI is InChI=1S/C12H18BrNO3S/c1-4-14(10(2)9-17-3)18(15,16)12-7-5-11(13)6-8-12/h5-8,10H,4,9H2,1-3H3. The predicted octanol–water partition coefficient (Wildman–Crippen LogP) is 2.49. The van der Waals surface area contributed by atoms with Crippen molar-refractivity contribution < 1.29 is 13.2 Å². The lowest BCUT2D eigenvalue weighted by Crippen LogP contribution is -2.40. The van der Waals surface area contributed by atoms with E-state index < -0.39 is 10.0 Å². The van der Waals surface area contributed by atoms with Gasteiger partial charge in [-0.15, -0.1) is 0 Å². The SMILES string of the molecule is CCN(C(C)COC)S(=O)(=O)c1ccc(Br)cc1. The minimum absolute atomic E-state index is 0.186. The van der Waals surface area contributed by atoms with Crippen LogP contribution in [0.4, 0.5) is 0 Å². The van der Waals surface area contributed by atoms with E-state index in [0.717, 1.165) is 4.47 Å². The molecule has 0 aliphatic carbocycles. The first kappa shape index (κ1) is 15.6. The van der Waals surface area contributed by atoms with Crippen LogP contribution in [0.2, 0.25) is 0 Å². The molecule has 0 fully saturated rings. The average molecular weight is 336 g/mol. The highest BCUT2D eigenvalue weighted by Crippen LogP contribution is 2.20. The Bertz CT molecular complexity index is 473. The highest BCUT2D eigenvalue weighted by molar-refractivity contribution is 9.10. The number of benzene rings is 1. The topological polar surface area (TPSA) is 46.6 Å². The van der Waals surface area contributed by atoms with Gasteiger partial charge in [-0.1, -0.05) is 22.9 Å². The zero-order valence-electron chi connectivity index (χ0n) is 10.8. The van der Waals surface area contributed by atoms with Gasteiger partial charge >= 0.3 is 0 Å². The van der Waals surface area contributed by atoms with Crippen LogP contribution in [0.1, 0.15) is 13.8 Å². The quantitative estimate of drug-likeness (QED) is 0.802. The second-order valence-corrected chi connectivity index (χ2v) is 6.77. The van der Waals surface area contributed by atoms with Crippen LogP contribution in [0.5, 0.6) is 0 Å². The van der Waals surface area contributed by atoms with Crippen molar-refractivity contribution in [3.8, 4) is 0 Å². The van der Waals surface area contributed by atoms with Gasteiger partial charge in [-0.2, -0.15) is 4.31 Å². The molecule has 0 aromatic heterocycles. The van der Waals surface area contributed by atoms with Gasteiger partial charge in [0.05, 0.1) is 11.5 Å². The van der Waals surface area contributed by atoms with Crippen LogP contribution in [-0.4, -0.2) is 39.0 Å². The van der Waals surface area contributed by atoms with Gasteiger partial charge in [-0.25, -0.2) is 8.42 Å². The lowest BCUT2D eigenvalue weighted by molar-refractivity contribution is 0.142. The van der Waals surface area contributed by atoms with Gasteiger partial charge in [0.1, 0.15) is 0 Å². The number of sulfonamides is 1. The summed E-state index contributed by atoms with van der Waals surface area (Å²) >= 11 is 3.29. The maximum absolute atomic E-state index is 12.4. The molecule has 0 radical (unpaired) electrons. The van der Waals surface area contributed by atoms with Crippen LogP contribution in [0.25, 0.3) is 0 Å². The number of hydrogen-bond acceptors (Lipinski definition) is 3. The van der Waals surface area contributed by atoms with Crippen molar-refractivity contribution in [1.82, 2.24) is 4.31 Å². The normalized spacial score (nSPS) is 13.8. The summed E-state index contributed by atoms with van der Waals surface area (Å²) in [6, 6.07) is 6.46. The lowest BCUT2D eigenvalue weighted by Gasteiger charge is -2.26. The molecule has 0 bridgehead atoms. The number of methoxy groups -OCH3 is 1. The van der Waals surface area contributed by atoms with Crippen molar-refractivity contribution in [2.75, 3.05) is 20.3 Å². The molecule has 0 aliphatic heterocycles. The lowest BCUT2D eigenvalue weighted by atomic mass is 10.3. The van der Waals surface area contributed by atoms with Gasteiger partial charge in [0.25, 0.3) is 0 Å². The smallest absolute Gasteiger partial charge is 0.243 e. The number of halogens is 1. The van der Waals surface area contributed by atoms with Gasteiger partial charge in [-0.05, 0) is 31.2 Å². The molecular weight excluding hydrogens is 318 g/mol. The third kappa shape index (κ3) is 3.54. The van der Waals surface area contributed by atoms with Crippen molar-refractivity contribution in [1.29, 1.82) is 0 Å². The van der Waals surface area contributed by atoms with Gasteiger partial charge in [-0.3, -0.25) is 0 Å². The molecule has 6 heteroatoms. The minimum atomic E-state index is -3.46. The Morgan fingerprint density at radius 1 is 1.33 bits per heavy atom. The Morgan fingerprint density at radius 2 is 1.89 bits per heavy atom. The first-order valence-corrected chi connectivity index (χ1v) is 7.93. The van der Waals surface area contributed by atoms with Crippen LogP contribution >= 0.6 is 15.9 Å². The molecule has 1 unspecified atom stereocenters. The van der Waals surface area contributed by atoms with Crippen LogP contribution in [0.3, 0.4) is 0 Å². The number of nitrogens with zero attached hydrogens (tertiary/aromatic N) is 1. The molecule has 0 aliphatic rings. The fourth-order valence-corrected chi connectivity index (χ4v) is 3.67. The second-order valence-electron chi connectivity index (χ2n) is 3.97. The monoisotopic (exact) mass is 335 g/mol. The third-order valence-electron chi connectivity index (χ3n) is 2.63. The van der Waals surface area contributed by atoms with E-state index in [1.807, 2.05) is 13.8 Å². The van der Waals surface area contributed by atoms with E-state index in [4.69, 9.17) is 4.74 Å². The molecule has 102 valence electrons. The molecule has 1 aromatic carbocycles. The first-order chi connectivity index (χ1) is 8.43. The van der Waals surface area contributed by atoms with E-state index in [1.54, 1.807) is 31.4 Å². The Kier molecular flexibility index (Phi) is 5.78. The molecule has 18 heavy (non-hydrogen) atoms. The van der Waals surface area contributed by atoms with E-state index in [1.165, 1.54) is 4.31 Å². The third-order valence-corrected chi connectivity index (χ3v) is 5.26. The fraction of sp³-hybridized carbons (Fsp3) is 0.500. The van der Waals surface area contributed by atoms with Crippen LogP contribution in [-0.2, 0) is 14.8 Å². The summed E-state index contributed by atoms with van der Waals surface area (Å²) in [5, 5.41) is 0. The van der Waals surface area contributed by atoms with Gasteiger partial charge in [0.2, 0.25) is 10.0 Å². The molecule has 1 atom stereocenters. The van der Waals surface area contributed by atoms with E-state index in [9.17, 15) is 8.42 Å². The first-order valence-electron chi connectivity index (χ1n) is 5.69. The molecule has 0 N–H and O–H groups in total. The van der Waals surface area contributed by atoms with Crippen molar-refractivity contribution in [2.45, 2.75) is 24.8 Å². The molecule has 4 nitrogen and oxygen atoms in total. The number of rotatable bonds is 6. The van der Waals surface area contributed by atoms with Crippen molar-refractivity contribution in [3.05, 3.63) is 28.7 Å². The fourth-order valence-electron chi connectivity index (χ4n) is 1.78. The van der Waals surface area contributed by atoms with E-state index in [2.05, 4.69) is 15.9 Å². The van der Waals surface area contributed by atoms with Crippen molar-refractivity contribution in [2.24, 2.45) is 0 Å². The molecule has 0 spiro atoms. The van der Waals surface area contributed by atoms with Gasteiger partial charge < -0.3 is 4.74 Å². The largest absolute Gasteiger partial charge is 0.383 e. The maximum atomic E-state index is 12.4. The second kappa shape index (κ2) is 6.65. The zero-order valence-corrected chi connectivity index (χ0v) is 13.2. The molecular formula is C12H18BrNO3S. The Balaban J connectivity index is 3.06. The summed E-state index contributed by atoms with van der Waals surface area (Å²) in [6.07, 6.45) is 0. The molecule has 1 aromatic rings. The number of hydrogen-bond donors (Lipinski definition) is 0. The van der Waals surface area contributed by atoms with Crippen LogP contribution < -0.4 is 0 Å². The minimum Gasteiger partial charge on any atom is -0.383 e. The summed E-state index contributed by atoms with van der Waals surface area (Å²) in [4.78, 5) is 0.301. The highest BCUT2D eigenvalue weighted by atomic mass is 79.9. The summed E-state index contributed by atoms with van der Waals surface area (Å²) in [6.45, 7) is 4.46. The molecule has 1 rings (SSSR count). The molecule has 0 saturated carbocycles. The summed E-state index contributed by atoms with van der Waals surface area (Å²) in [7, 11) is -1.89. The number of likely N-dealkylation sites (N-methyl/N-ethyl adjacent to an activating group) is 1. The van der Waals surface area contributed by atoms with Crippen molar-refractivity contribution >= 4 is 26.0 Å². The predicted molar refractivity (Wildman–Crippen MR) is 75.0 cm³/mol. The number of ether oxygens (including phenoxy) is 1. The molecule has 0 heterocycles. The molecule has 0 saturated heterocycles. The van der Waals surface area contributed by atoms with Crippen molar-refractivity contribution in [3.63, 3.8) is 0 Å². The summed E-state index contributed by atoms with van der Waals surface area (Å²) < 4.78 is 32.2. The highest BCUT2D eigenvalue weighted by Gasteiger charge is 2.27. The Hall–Kier alpha value is -0.430. The van der Waals surface area contributed by atoms with E-state index in [-0.39, 0.29) is 6.04 Å². The van der Waals surface area contributed by atoms with Crippen LogP contribution in [0, 0.1) is 0 Å². The maximum Gasteiger partial charge on any atom is 0.243 e. The zero-order chi connectivity index (χ0) is 13.8.